The number of benzene rings is 1. The standard InChI is InChI=1S/C14H20N4O2/c1-3-5-12(16)18-14(20)11-8-9(15)6-7-10(11)13(19)17(18)4-2/h6-8,12H,3-5,15-16H2,1-2H3. The van der Waals surface area contributed by atoms with E-state index in [0.717, 1.165) is 6.42 Å². The highest BCUT2D eigenvalue weighted by Gasteiger charge is 2.16. The lowest BCUT2D eigenvalue weighted by atomic mass is 10.1. The van der Waals surface area contributed by atoms with Crippen LogP contribution >= 0.6 is 0 Å². The number of hydrogen-bond donors (Lipinski definition) is 2. The number of nitrogens with two attached hydrogens (primary N) is 2. The Labute approximate surface area is 116 Å². The normalized spacial score (nSPS) is 12.8. The average Bonchev–Trinajstić information content (AvgIpc) is 2.42. The topological polar surface area (TPSA) is 96.0 Å². The molecule has 1 aromatic carbocycles. The Morgan fingerprint density at radius 1 is 1.15 bits per heavy atom. The summed E-state index contributed by atoms with van der Waals surface area (Å²) in [7, 11) is 0. The van der Waals surface area contributed by atoms with E-state index in [9.17, 15) is 9.59 Å². The molecule has 0 aliphatic heterocycles. The molecule has 6 nitrogen and oxygen atoms in total. The van der Waals surface area contributed by atoms with Gasteiger partial charge < -0.3 is 11.5 Å². The van der Waals surface area contributed by atoms with Crippen molar-refractivity contribution in [3.63, 3.8) is 0 Å². The molecule has 1 atom stereocenters. The second kappa shape index (κ2) is 5.50. The van der Waals surface area contributed by atoms with E-state index < -0.39 is 6.17 Å². The van der Waals surface area contributed by atoms with Crippen molar-refractivity contribution in [2.75, 3.05) is 5.73 Å². The first kappa shape index (κ1) is 14.3. The predicted molar refractivity (Wildman–Crippen MR) is 80.7 cm³/mol. The second-order valence-corrected chi connectivity index (χ2v) is 4.83. The molecule has 0 spiro atoms. The minimum absolute atomic E-state index is 0.214. The molecule has 0 amide bonds. The number of anilines is 1. The number of rotatable bonds is 4. The first-order valence-electron chi connectivity index (χ1n) is 6.81. The van der Waals surface area contributed by atoms with E-state index in [2.05, 4.69) is 0 Å². The molecule has 108 valence electrons. The van der Waals surface area contributed by atoms with Crippen molar-refractivity contribution in [1.82, 2.24) is 9.36 Å². The lowest BCUT2D eigenvalue weighted by Gasteiger charge is -2.20. The van der Waals surface area contributed by atoms with Gasteiger partial charge >= 0.3 is 0 Å². The first-order chi connectivity index (χ1) is 9.51. The zero-order valence-electron chi connectivity index (χ0n) is 11.8. The smallest absolute Gasteiger partial charge is 0.274 e. The molecule has 20 heavy (non-hydrogen) atoms. The molecule has 1 aromatic heterocycles. The number of hydrogen-bond acceptors (Lipinski definition) is 4. The van der Waals surface area contributed by atoms with Gasteiger partial charge in [0.15, 0.2) is 0 Å². The Morgan fingerprint density at radius 2 is 1.85 bits per heavy atom. The molecule has 4 N–H and O–H groups in total. The lowest BCUT2D eigenvalue weighted by molar-refractivity contribution is 0.338. The molecule has 6 heteroatoms. The molecule has 1 heterocycles. The molecule has 0 aliphatic carbocycles. The molecule has 0 bridgehead atoms. The van der Waals surface area contributed by atoms with Gasteiger partial charge in [-0.2, -0.15) is 0 Å². The molecule has 1 unspecified atom stereocenters. The lowest BCUT2D eigenvalue weighted by Crippen LogP contribution is -2.43. The SMILES string of the molecule is CCCC(N)n1c(=O)c2cc(N)ccc2c(=O)n1CC. The van der Waals surface area contributed by atoms with Crippen LogP contribution in [0.3, 0.4) is 0 Å². The van der Waals surface area contributed by atoms with Gasteiger partial charge in [-0.1, -0.05) is 13.3 Å². The van der Waals surface area contributed by atoms with Crippen molar-refractivity contribution < 1.29 is 0 Å². The summed E-state index contributed by atoms with van der Waals surface area (Å²) in [6.45, 7) is 4.20. The highest BCUT2D eigenvalue weighted by Crippen LogP contribution is 2.12. The van der Waals surface area contributed by atoms with Gasteiger partial charge in [0.25, 0.3) is 11.1 Å². The van der Waals surface area contributed by atoms with Gasteiger partial charge in [-0.3, -0.25) is 9.59 Å². The van der Waals surface area contributed by atoms with Crippen LogP contribution in [0.1, 0.15) is 32.9 Å². The van der Waals surface area contributed by atoms with Crippen LogP contribution in [0.5, 0.6) is 0 Å². The minimum Gasteiger partial charge on any atom is -0.399 e. The molecule has 2 rings (SSSR count). The predicted octanol–water partition coefficient (Wildman–Crippen LogP) is 1.02. The van der Waals surface area contributed by atoms with E-state index in [1.54, 1.807) is 12.1 Å². The Hall–Kier alpha value is -2.08. The van der Waals surface area contributed by atoms with Crippen LogP contribution in [0.15, 0.2) is 27.8 Å². The van der Waals surface area contributed by atoms with Gasteiger partial charge in [0.2, 0.25) is 0 Å². The highest BCUT2D eigenvalue weighted by atomic mass is 16.2. The van der Waals surface area contributed by atoms with Crippen molar-refractivity contribution >= 4 is 16.5 Å². The Balaban J connectivity index is 2.89. The van der Waals surface area contributed by atoms with Crippen molar-refractivity contribution in [3.05, 3.63) is 38.9 Å². The molecular weight excluding hydrogens is 256 g/mol. The van der Waals surface area contributed by atoms with Gasteiger partial charge in [0, 0.05) is 12.2 Å². The van der Waals surface area contributed by atoms with Crippen LogP contribution in [-0.2, 0) is 6.54 Å². The van der Waals surface area contributed by atoms with Gasteiger partial charge in [0.05, 0.1) is 10.8 Å². The summed E-state index contributed by atoms with van der Waals surface area (Å²) in [4.78, 5) is 25.1. The fourth-order valence-corrected chi connectivity index (χ4v) is 2.44. The van der Waals surface area contributed by atoms with Crippen molar-refractivity contribution in [3.8, 4) is 0 Å². The van der Waals surface area contributed by atoms with E-state index >= 15 is 0 Å². The molecule has 2 aromatic rings. The maximum absolute atomic E-state index is 12.6. The van der Waals surface area contributed by atoms with Gasteiger partial charge in [0.1, 0.15) is 6.17 Å². The summed E-state index contributed by atoms with van der Waals surface area (Å²) < 4.78 is 2.76. The van der Waals surface area contributed by atoms with E-state index in [4.69, 9.17) is 11.5 Å². The third kappa shape index (κ3) is 2.22. The monoisotopic (exact) mass is 276 g/mol. The number of fused-ring (bicyclic) bond motifs is 1. The zero-order valence-corrected chi connectivity index (χ0v) is 11.8. The maximum atomic E-state index is 12.6. The van der Waals surface area contributed by atoms with Crippen LogP contribution in [0.25, 0.3) is 10.8 Å². The number of aromatic nitrogens is 2. The summed E-state index contributed by atoms with van der Waals surface area (Å²) in [5.74, 6) is 0. The van der Waals surface area contributed by atoms with Crippen molar-refractivity contribution in [1.29, 1.82) is 0 Å². The van der Waals surface area contributed by atoms with Crippen molar-refractivity contribution in [2.24, 2.45) is 5.73 Å². The minimum atomic E-state index is -0.508. The molecule has 0 aliphatic rings. The summed E-state index contributed by atoms with van der Waals surface area (Å²) in [5, 5.41) is 0.706. The Morgan fingerprint density at radius 3 is 2.45 bits per heavy atom. The van der Waals surface area contributed by atoms with E-state index in [-0.39, 0.29) is 11.1 Å². The molecule has 0 radical (unpaired) electrons. The highest BCUT2D eigenvalue weighted by molar-refractivity contribution is 5.83. The molecular formula is C14H20N4O2. The largest absolute Gasteiger partial charge is 0.399 e. The quantitative estimate of drug-likeness (QED) is 0.815. The van der Waals surface area contributed by atoms with Crippen LogP contribution in [0.2, 0.25) is 0 Å². The Kier molecular flexibility index (Phi) is 3.94. The van der Waals surface area contributed by atoms with Gasteiger partial charge in [-0.25, -0.2) is 9.36 Å². The fourth-order valence-electron chi connectivity index (χ4n) is 2.44. The zero-order chi connectivity index (χ0) is 14.9. The summed E-state index contributed by atoms with van der Waals surface area (Å²) in [5.41, 5.74) is 11.7. The molecule has 0 saturated heterocycles. The van der Waals surface area contributed by atoms with Crippen molar-refractivity contribution in [2.45, 2.75) is 39.4 Å². The van der Waals surface area contributed by atoms with E-state index in [0.29, 0.717) is 29.4 Å². The summed E-state index contributed by atoms with van der Waals surface area (Å²) >= 11 is 0. The first-order valence-corrected chi connectivity index (χ1v) is 6.81. The average molecular weight is 276 g/mol. The van der Waals surface area contributed by atoms with Crippen LogP contribution in [0, 0.1) is 0 Å². The third-order valence-corrected chi connectivity index (χ3v) is 3.41. The third-order valence-electron chi connectivity index (χ3n) is 3.41. The van der Waals surface area contributed by atoms with Gasteiger partial charge in [-0.15, -0.1) is 0 Å². The molecule has 0 saturated carbocycles. The van der Waals surface area contributed by atoms with Crippen LogP contribution < -0.4 is 22.6 Å². The number of nitrogen functional groups attached to an aromatic ring is 1. The maximum Gasteiger partial charge on any atom is 0.274 e. The second-order valence-electron chi connectivity index (χ2n) is 4.83. The van der Waals surface area contributed by atoms with Gasteiger partial charge in [-0.05, 0) is 31.5 Å². The van der Waals surface area contributed by atoms with Crippen LogP contribution in [-0.4, -0.2) is 9.36 Å². The van der Waals surface area contributed by atoms with E-state index in [1.165, 1.54) is 15.4 Å². The molecule has 0 fully saturated rings. The Bertz CT molecular complexity index is 745. The van der Waals surface area contributed by atoms with E-state index in [1.807, 2.05) is 13.8 Å². The summed E-state index contributed by atoms with van der Waals surface area (Å²) in [6.07, 6.45) is 0.958. The fraction of sp³-hybridized carbons (Fsp3) is 0.429. The number of nitrogens with zero attached hydrogens (tertiary/aromatic N) is 2. The van der Waals surface area contributed by atoms with Crippen LogP contribution in [0.4, 0.5) is 5.69 Å². The summed E-state index contributed by atoms with van der Waals surface area (Å²) in [6, 6.07) is 4.75.